The molecule has 0 saturated carbocycles. The minimum absolute atomic E-state index is 0.666. The number of hydrogen-bond donors (Lipinski definition) is 1. The molecule has 2 rings (SSSR count). The quantitative estimate of drug-likeness (QED) is 0.855. The summed E-state index contributed by atoms with van der Waals surface area (Å²) in [6.07, 6.45) is 8.63. The third-order valence-corrected chi connectivity index (χ3v) is 3.87. The van der Waals surface area contributed by atoms with Gasteiger partial charge >= 0.3 is 0 Å². The first-order valence-electron chi connectivity index (χ1n) is 7.55. The normalized spacial score (nSPS) is 18.5. The molecule has 19 heavy (non-hydrogen) atoms. The molecule has 1 aromatic rings. The van der Waals surface area contributed by atoms with E-state index < -0.39 is 0 Å². The Labute approximate surface area is 116 Å². The Morgan fingerprint density at radius 3 is 2.63 bits per heavy atom. The zero-order valence-corrected chi connectivity index (χ0v) is 12.2. The molecule has 1 saturated heterocycles. The molecule has 0 aliphatic carbocycles. The average Bonchev–Trinajstić information content (AvgIpc) is 2.47. The van der Waals surface area contributed by atoms with Gasteiger partial charge in [0.2, 0.25) is 5.95 Å². The zero-order chi connectivity index (χ0) is 13.5. The van der Waals surface area contributed by atoms with Crippen LogP contribution in [0.4, 0.5) is 5.95 Å². The molecule has 0 amide bonds. The van der Waals surface area contributed by atoms with Crippen LogP contribution >= 0.6 is 0 Å². The Morgan fingerprint density at radius 1 is 1.32 bits per heavy atom. The molecule has 0 spiro atoms. The fourth-order valence-corrected chi connectivity index (χ4v) is 2.70. The van der Waals surface area contributed by atoms with Crippen LogP contribution < -0.4 is 10.2 Å². The lowest BCUT2D eigenvalue weighted by molar-refractivity contribution is 0.373. The van der Waals surface area contributed by atoms with Crippen molar-refractivity contribution < 1.29 is 0 Å². The average molecular weight is 262 g/mol. The number of hydrogen-bond acceptors (Lipinski definition) is 4. The predicted molar refractivity (Wildman–Crippen MR) is 79.3 cm³/mol. The van der Waals surface area contributed by atoms with Gasteiger partial charge in [0.05, 0.1) is 0 Å². The lowest BCUT2D eigenvalue weighted by Gasteiger charge is -2.33. The molecule has 1 atom stereocenters. The van der Waals surface area contributed by atoms with E-state index in [0.29, 0.717) is 6.04 Å². The number of aromatic nitrogens is 2. The van der Waals surface area contributed by atoms with Crippen LogP contribution in [0.1, 0.15) is 39.5 Å². The summed E-state index contributed by atoms with van der Waals surface area (Å²) >= 11 is 0. The predicted octanol–water partition coefficient (Wildman–Crippen LogP) is 2.47. The summed E-state index contributed by atoms with van der Waals surface area (Å²) in [6, 6.07) is 2.53. The Hall–Kier alpha value is -1.16. The van der Waals surface area contributed by atoms with Crippen molar-refractivity contribution in [3.63, 3.8) is 0 Å². The van der Waals surface area contributed by atoms with Gasteiger partial charge in [0.25, 0.3) is 0 Å². The van der Waals surface area contributed by atoms with E-state index in [4.69, 9.17) is 0 Å². The Bertz CT molecular complexity index is 346. The number of piperidine rings is 1. The van der Waals surface area contributed by atoms with Gasteiger partial charge in [-0.2, -0.15) is 0 Å². The SMILES string of the molecule is CCCC(C)CNC1CCN(c2ncccn2)CC1. The van der Waals surface area contributed by atoms with Gasteiger partial charge in [-0.05, 0) is 37.8 Å². The van der Waals surface area contributed by atoms with E-state index in [2.05, 4.69) is 34.0 Å². The van der Waals surface area contributed by atoms with Gasteiger partial charge in [-0.1, -0.05) is 20.3 Å². The fraction of sp³-hybridized carbons (Fsp3) is 0.733. The Morgan fingerprint density at radius 2 is 2.00 bits per heavy atom. The molecule has 2 heterocycles. The first-order valence-corrected chi connectivity index (χ1v) is 7.55. The topological polar surface area (TPSA) is 41.0 Å². The molecule has 4 heteroatoms. The van der Waals surface area contributed by atoms with Gasteiger partial charge in [-0.15, -0.1) is 0 Å². The van der Waals surface area contributed by atoms with E-state index in [-0.39, 0.29) is 0 Å². The zero-order valence-electron chi connectivity index (χ0n) is 12.2. The van der Waals surface area contributed by atoms with Gasteiger partial charge in [0.15, 0.2) is 0 Å². The van der Waals surface area contributed by atoms with E-state index in [0.717, 1.165) is 31.5 Å². The summed E-state index contributed by atoms with van der Waals surface area (Å²) in [4.78, 5) is 10.9. The van der Waals surface area contributed by atoms with Crippen LogP contribution in [0, 0.1) is 5.92 Å². The summed E-state index contributed by atoms with van der Waals surface area (Å²) in [7, 11) is 0. The lowest BCUT2D eigenvalue weighted by atomic mass is 10.0. The van der Waals surface area contributed by atoms with E-state index in [1.807, 2.05) is 18.5 Å². The van der Waals surface area contributed by atoms with Gasteiger partial charge < -0.3 is 10.2 Å². The van der Waals surface area contributed by atoms with E-state index in [1.165, 1.54) is 25.7 Å². The molecule has 1 N–H and O–H groups in total. The standard InChI is InChI=1S/C15H26N4/c1-3-5-13(2)12-18-14-6-10-19(11-7-14)15-16-8-4-9-17-15/h4,8-9,13-14,18H,3,5-7,10-12H2,1-2H3. The second kappa shape index (κ2) is 7.43. The molecule has 106 valence electrons. The maximum absolute atomic E-state index is 4.32. The highest BCUT2D eigenvalue weighted by molar-refractivity contribution is 5.29. The summed E-state index contributed by atoms with van der Waals surface area (Å²) < 4.78 is 0. The van der Waals surface area contributed by atoms with Gasteiger partial charge in [-0.25, -0.2) is 9.97 Å². The highest BCUT2D eigenvalue weighted by atomic mass is 15.3. The van der Waals surface area contributed by atoms with Crippen molar-refractivity contribution in [2.45, 2.75) is 45.6 Å². The molecule has 1 fully saturated rings. The summed E-state index contributed by atoms with van der Waals surface area (Å²) in [6.45, 7) is 7.87. The van der Waals surface area contributed by atoms with Crippen LogP contribution in [0.5, 0.6) is 0 Å². The molecule has 4 nitrogen and oxygen atoms in total. The summed E-state index contributed by atoms with van der Waals surface area (Å²) in [5.41, 5.74) is 0. The molecule has 1 aromatic heterocycles. The van der Waals surface area contributed by atoms with E-state index >= 15 is 0 Å². The van der Waals surface area contributed by atoms with Crippen LogP contribution in [-0.2, 0) is 0 Å². The Kier molecular flexibility index (Phi) is 5.58. The van der Waals surface area contributed by atoms with Crippen molar-refractivity contribution in [1.82, 2.24) is 15.3 Å². The highest BCUT2D eigenvalue weighted by Gasteiger charge is 2.20. The number of nitrogens with zero attached hydrogens (tertiary/aromatic N) is 3. The third-order valence-electron chi connectivity index (χ3n) is 3.87. The van der Waals surface area contributed by atoms with E-state index in [9.17, 15) is 0 Å². The van der Waals surface area contributed by atoms with Gasteiger partial charge in [0, 0.05) is 31.5 Å². The monoisotopic (exact) mass is 262 g/mol. The van der Waals surface area contributed by atoms with Crippen LogP contribution in [0.2, 0.25) is 0 Å². The molecule has 1 aliphatic rings. The maximum atomic E-state index is 4.32. The van der Waals surface area contributed by atoms with Crippen LogP contribution in [0.25, 0.3) is 0 Å². The first-order chi connectivity index (χ1) is 9.29. The van der Waals surface area contributed by atoms with Crippen molar-refractivity contribution >= 4 is 5.95 Å². The second-order valence-electron chi connectivity index (χ2n) is 5.61. The second-order valence-corrected chi connectivity index (χ2v) is 5.61. The van der Waals surface area contributed by atoms with Crippen molar-refractivity contribution in [3.05, 3.63) is 18.5 Å². The van der Waals surface area contributed by atoms with Crippen molar-refractivity contribution in [1.29, 1.82) is 0 Å². The highest BCUT2D eigenvalue weighted by Crippen LogP contribution is 2.15. The molecular weight excluding hydrogens is 236 g/mol. The van der Waals surface area contributed by atoms with Crippen LogP contribution in [0.15, 0.2) is 18.5 Å². The van der Waals surface area contributed by atoms with E-state index in [1.54, 1.807) is 0 Å². The van der Waals surface area contributed by atoms with Crippen LogP contribution in [0.3, 0.4) is 0 Å². The molecule has 0 radical (unpaired) electrons. The largest absolute Gasteiger partial charge is 0.341 e. The summed E-state index contributed by atoms with van der Waals surface area (Å²) in [5, 5.41) is 3.71. The molecule has 1 unspecified atom stereocenters. The first kappa shape index (κ1) is 14.3. The smallest absolute Gasteiger partial charge is 0.225 e. The lowest BCUT2D eigenvalue weighted by Crippen LogP contribution is -2.44. The minimum atomic E-state index is 0.666. The van der Waals surface area contributed by atoms with Crippen molar-refractivity contribution in [2.24, 2.45) is 5.92 Å². The maximum Gasteiger partial charge on any atom is 0.225 e. The Balaban J connectivity index is 1.71. The fourth-order valence-electron chi connectivity index (χ4n) is 2.70. The van der Waals surface area contributed by atoms with Gasteiger partial charge in [-0.3, -0.25) is 0 Å². The minimum Gasteiger partial charge on any atom is -0.341 e. The number of anilines is 1. The molecular formula is C15H26N4. The van der Waals surface area contributed by atoms with Crippen molar-refractivity contribution in [2.75, 3.05) is 24.5 Å². The number of nitrogens with one attached hydrogen (secondary N) is 1. The van der Waals surface area contributed by atoms with Crippen LogP contribution in [-0.4, -0.2) is 35.6 Å². The number of rotatable bonds is 6. The third kappa shape index (κ3) is 4.46. The summed E-state index contributed by atoms with van der Waals surface area (Å²) in [5.74, 6) is 1.67. The molecule has 1 aliphatic heterocycles. The van der Waals surface area contributed by atoms with Gasteiger partial charge in [0.1, 0.15) is 0 Å². The molecule has 0 bridgehead atoms. The molecule has 0 aromatic carbocycles. The van der Waals surface area contributed by atoms with Crippen molar-refractivity contribution in [3.8, 4) is 0 Å².